The first kappa shape index (κ1) is 45.5. The summed E-state index contributed by atoms with van der Waals surface area (Å²) in [4.78, 5) is 31.8. The summed E-state index contributed by atoms with van der Waals surface area (Å²) in [6.07, 6.45) is -2.06. The second-order valence-corrected chi connectivity index (χ2v) is 33.4. The summed E-state index contributed by atoms with van der Waals surface area (Å²) in [5.74, 6) is -0.345. The number of aromatic nitrogens is 2. The third kappa shape index (κ3) is 9.57. The normalized spacial score (nSPS) is 19.6. The van der Waals surface area contributed by atoms with Gasteiger partial charge in [-0.25, -0.2) is 4.79 Å². The Morgan fingerprint density at radius 1 is 0.759 bits per heavy atom. The molecule has 2 N–H and O–H groups in total. The fraction of sp³-hybridized carbons (Fsp3) is 0.489. The van der Waals surface area contributed by atoms with Gasteiger partial charge in [0, 0.05) is 11.8 Å². The van der Waals surface area contributed by atoms with Gasteiger partial charge >= 0.3 is 5.69 Å². The number of carbonyl (C=O) groups excluding carboxylic acids is 1. The summed E-state index contributed by atoms with van der Waals surface area (Å²) >= 11 is 0. The summed E-state index contributed by atoms with van der Waals surface area (Å²) in [6.45, 7) is 28.6. The lowest BCUT2D eigenvalue weighted by Gasteiger charge is -2.43. The van der Waals surface area contributed by atoms with Crippen LogP contribution in [0.5, 0.6) is 0 Å². The quantitative estimate of drug-likeness (QED) is 0.129. The molecule has 1 fully saturated rings. The molecule has 1 amide bonds. The molecule has 3 aromatic carbocycles. The maximum Gasteiger partial charge on any atom is 0.351 e. The average molecular weight is 844 g/mol. The largest absolute Gasteiger partial charge is 0.414 e. The molecule has 4 aromatic rings. The molecular weight excluding hydrogens is 779 g/mol. The minimum atomic E-state index is -2.89. The van der Waals surface area contributed by atoms with Crippen molar-refractivity contribution in [2.45, 2.75) is 135 Å². The molecule has 4 atom stereocenters. The number of ether oxygens (including phenoxy) is 1. The number of nitrogens with one attached hydrogen (secondary N) is 1. The molecule has 1 aliphatic rings. The first-order chi connectivity index (χ1) is 26.9. The lowest BCUT2D eigenvalue weighted by molar-refractivity contribution is -0.0527. The van der Waals surface area contributed by atoms with Crippen LogP contribution in [0, 0.1) is 0 Å². The molecule has 0 saturated carbocycles. The predicted molar refractivity (Wildman–Crippen MR) is 240 cm³/mol. The van der Waals surface area contributed by atoms with Crippen LogP contribution in [0.3, 0.4) is 0 Å². The second-order valence-electron chi connectivity index (χ2n) is 19.5. The molecule has 13 heteroatoms. The Balaban J connectivity index is 1.39. The minimum Gasteiger partial charge on any atom is -0.414 e. The highest BCUT2D eigenvalue weighted by molar-refractivity contribution is 6.99. The highest BCUT2D eigenvalue weighted by Crippen LogP contribution is 2.43. The Hall–Kier alpha value is -3.54. The van der Waals surface area contributed by atoms with Crippen LogP contribution in [0.15, 0.2) is 102 Å². The number of hydrogen-bond donors (Lipinski definition) is 2. The number of benzene rings is 3. The first-order valence-electron chi connectivity index (χ1n) is 20.3. The van der Waals surface area contributed by atoms with Crippen LogP contribution in [-0.4, -0.2) is 70.4 Å². The topological polar surface area (TPSA) is 121 Å². The zero-order valence-corrected chi connectivity index (χ0v) is 39.8. The van der Waals surface area contributed by atoms with Gasteiger partial charge in [0.1, 0.15) is 24.1 Å². The fourth-order valence-corrected chi connectivity index (χ4v) is 13.8. The third-order valence-corrected chi connectivity index (χ3v) is 26.4. The van der Waals surface area contributed by atoms with Gasteiger partial charge in [0.2, 0.25) is 0 Å². The summed E-state index contributed by atoms with van der Waals surface area (Å²) < 4.78 is 28.2. The van der Waals surface area contributed by atoms with Gasteiger partial charge in [0.05, 0.1) is 13.2 Å². The van der Waals surface area contributed by atoms with Gasteiger partial charge in [0.15, 0.2) is 22.9 Å². The smallest absolute Gasteiger partial charge is 0.351 e. The summed E-state index contributed by atoms with van der Waals surface area (Å²) in [5.41, 5.74) is 0.445. The second kappa shape index (κ2) is 17.2. The standard InChI is InChI=1S/C45H65N3O7Si3/c1-43(2,3)56(10,11)52-31-36-39(55-57(12,13)44(4,5)6)38(49)41(54-36)48-29-28-37(47-42(48)51)46-40(50)35-27-21-20-22-32(35)30-53-58(45(7,8)9,33-23-16-14-17-24-33)34-25-18-15-19-26-34/h14-29,36,38-39,41,49H,30-31H2,1-13H3,(H,46,47,50,51)/t36-,38-,39-,41-/m1/s1. The van der Waals surface area contributed by atoms with Crippen LogP contribution in [0.4, 0.5) is 5.82 Å². The van der Waals surface area contributed by atoms with E-state index in [0.717, 1.165) is 10.4 Å². The zero-order chi connectivity index (χ0) is 42.9. The monoisotopic (exact) mass is 843 g/mol. The average Bonchev–Trinajstić information content (AvgIpc) is 3.44. The van der Waals surface area contributed by atoms with E-state index in [9.17, 15) is 14.7 Å². The summed E-state index contributed by atoms with van der Waals surface area (Å²) in [7, 11) is -7.44. The Bertz CT molecular complexity index is 2030. The van der Waals surface area contributed by atoms with E-state index in [1.54, 1.807) is 18.2 Å². The molecule has 0 aliphatic carbocycles. The number of carbonyl (C=O) groups is 1. The molecule has 0 spiro atoms. The van der Waals surface area contributed by atoms with Gasteiger partial charge in [-0.3, -0.25) is 9.36 Å². The van der Waals surface area contributed by atoms with E-state index in [1.165, 1.54) is 10.8 Å². The molecule has 1 saturated heterocycles. The number of aliphatic hydroxyl groups is 1. The van der Waals surface area contributed by atoms with Crippen LogP contribution in [0.2, 0.25) is 41.3 Å². The van der Waals surface area contributed by atoms with Gasteiger partial charge in [0.25, 0.3) is 14.2 Å². The summed E-state index contributed by atoms with van der Waals surface area (Å²) in [5, 5.41) is 16.5. The third-order valence-electron chi connectivity index (χ3n) is 12.4. The minimum absolute atomic E-state index is 0.0306. The van der Waals surface area contributed by atoms with Gasteiger partial charge in [-0.2, -0.15) is 4.98 Å². The van der Waals surface area contributed by atoms with Crippen molar-refractivity contribution in [1.29, 1.82) is 0 Å². The van der Waals surface area contributed by atoms with Gasteiger partial charge in [-0.05, 0) is 69.4 Å². The Kier molecular flexibility index (Phi) is 13.5. The molecular formula is C45H65N3O7Si3. The number of rotatable bonds is 13. The molecule has 1 aliphatic heterocycles. The summed E-state index contributed by atoms with van der Waals surface area (Å²) in [6, 6.07) is 29.6. The molecule has 5 rings (SSSR count). The van der Waals surface area contributed by atoms with E-state index in [1.807, 2.05) is 48.5 Å². The molecule has 0 radical (unpaired) electrons. The number of amides is 1. The van der Waals surface area contributed by atoms with Gasteiger partial charge in [-0.15, -0.1) is 0 Å². The van der Waals surface area contributed by atoms with Crippen molar-refractivity contribution in [1.82, 2.24) is 9.55 Å². The number of aliphatic hydroxyl groups excluding tert-OH is 1. The fourth-order valence-electron chi connectivity index (χ4n) is 6.93. The number of hydrogen-bond acceptors (Lipinski definition) is 8. The highest BCUT2D eigenvalue weighted by Gasteiger charge is 2.52. The Morgan fingerprint density at radius 2 is 1.29 bits per heavy atom. The molecule has 58 heavy (non-hydrogen) atoms. The van der Waals surface area contributed by atoms with E-state index in [2.05, 4.69) is 123 Å². The van der Waals surface area contributed by atoms with Gasteiger partial charge < -0.3 is 28.4 Å². The Morgan fingerprint density at radius 3 is 1.81 bits per heavy atom. The van der Waals surface area contributed by atoms with Crippen LogP contribution < -0.4 is 21.4 Å². The molecule has 1 aromatic heterocycles. The number of nitrogens with zero attached hydrogens (tertiary/aromatic N) is 2. The van der Waals surface area contributed by atoms with Crippen molar-refractivity contribution in [3.05, 3.63) is 119 Å². The Labute approximate surface area is 348 Å². The SMILES string of the molecule is CC(C)(C)[Si](C)(C)OC[C@H]1O[C@@H](n2ccc(NC(=O)c3ccccc3CO[Si](c3ccccc3)(c3ccccc3)C(C)(C)C)nc2=O)[C@H](O)[C@@H]1O[Si](C)(C)C(C)(C)C. The van der Waals surface area contributed by atoms with E-state index in [4.69, 9.17) is 18.0 Å². The maximum atomic E-state index is 13.9. The molecule has 2 heterocycles. The lowest BCUT2D eigenvalue weighted by Crippen LogP contribution is -2.66. The van der Waals surface area contributed by atoms with E-state index < -0.39 is 61.1 Å². The molecule has 0 bridgehead atoms. The van der Waals surface area contributed by atoms with Crippen LogP contribution in [0.25, 0.3) is 0 Å². The van der Waals surface area contributed by atoms with Crippen molar-refractivity contribution in [2.75, 3.05) is 11.9 Å². The van der Waals surface area contributed by atoms with E-state index in [-0.39, 0.29) is 34.1 Å². The van der Waals surface area contributed by atoms with E-state index >= 15 is 0 Å². The van der Waals surface area contributed by atoms with Crippen LogP contribution in [0.1, 0.15) is 84.5 Å². The molecule has 0 unspecified atom stereocenters. The van der Waals surface area contributed by atoms with Crippen molar-refractivity contribution in [2.24, 2.45) is 0 Å². The van der Waals surface area contributed by atoms with E-state index in [0.29, 0.717) is 11.1 Å². The zero-order valence-electron chi connectivity index (χ0n) is 36.8. The van der Waals surface area contributed by atoms with Crippen molar-refractivity contribution >= 4 is 47.1 Å². The number of anilines is 1. The van der Waals surface area contributed by atoms with Crippen molar-refractivity contribution in [3.63, 3.8) is 0 Å². The van der Waals surface area contributed by atoms with Crippen LogP contribution >= 0.6 is 0 Å². The van der Waals surface area contributed by atoms with Crippen molar-refractivity contribution < 1.29 is 27.9 Å². The lowest BCUT2D eigenvalue weighted by atomic mass is 10.1. The molecule has 10 nitrogen and oxygen atoms in total. The maximum absolute atomic E-state index is 13.9. The van der Waals surface area contributed by atoms with Crippen LogP contribution in [-0.2, 0) is 24.6 Å². The predicted octanol–water partition coefficient (Wildman–Crippen LogP) is 8.24. The van der Waals surface area contributed by atoms with Crippen molar-refractivity contribution in [3.8, 4) is 0 Å². The molecule has 314 valence electrons. The highest BCUT2D eigenvalue weighted by atomic mass is 28.4. The first-order valence-corrected chi connectivity index (χ1v) is 28.0. The van der Waals surface area contributed by atoms with Gasteiger partial charge in [-0.1, -0.05) is 141 Å².